The summed E-state index contributed by atoms with van der Waals surface area (Å²) >= 11 is 5.95. The van der Waals surface area contributed by atoms with Crippen LogP contribution in [0.15, 0.2) is 0 Å². The lowest BCUT2D eigenvalue weighted by molar-refractivity contribution is -0.128. The van der Waals surface area contributed by atoms with Crippen molar-refractivity contribution >= 4 is 17.5 Å². The minimum atomic E-state index is -0.0539. The molecule has 0 unspecified atom stereocenters. The molecule has 92 valence electrons. The Bertz CT molecular complexity index is 249. The molecule has 16 heavy (non-hydrogen) atoms. The molecular weight excluding hydrogens is 222 g/mol. The van der Waals surface area contributed by atoms with Crippen LogP contribution in [0.4, 0.5) is 0 Å². The van der Waals surface area contributed by atoms with E-state index in [4.69, 9.17) is 11.6 Å². The van der Waals surface area contributed by atoms with Gasteiger partial charge in [-0.05, 0) is 50.9 Å². The van der Waals surface area contributed by atoms with Gasteiger partial charge in [-0.2, -0.15) is 0 Å². The fourth-order valence-corrected chi connectivity index (χ4v) is 3.12. The Morgan fingerprint density at radius 2 is 1.94 bits per heavy atom. The first-order valence-corrected chi connectivity index (χ1v) is 7.07. The van der Waals surface area contributed by atoms with Crippen molar-refractivity contribution in [2.24, 2.45) is 11.8 Å². The Morgan fingerprint density at radius 1 is 1.31 bits per heavy atom. The van der Waals surface area contributed by atoms with Crippen LogP contribution in [0.5, 0.6) is 0 Å². The molecule has 1 amide bonds. The zero-order valence-corrected chi connectivity index (χ0v) is 10.9. The van der Waals surface area contributed by atoms with E-state index in [1.807, 2.05) is 0 Å². The van der Waals surface area contributed by atoms with Gasteiger partial charge in [-0.1, -0.05) is 6.92 Å². The number of hydrogen-bond donors (Lipinski definition) is 1. The highest BCUT2D eigenvalue weighted by atomic mass is 35.5. The summed E-state index contributed by atoms with van der Waals surface area (Å²) in [5, 5.41) is 3.19. The van der Waals surface area contributed by atoms with Crippen LogP contribution in [-0.2, 0) is 4.79 Å². The van der Waals surface area contributed by atoms with Gasteiger partial charge in [-0.15, -0.1) is 11.6 Å². The summed E-state index contributed by atoms with van der Waals surface area (Å²) in [6.45, 7) is 2.28. The van der Waals surface area contributed by atoms with Gasteiger partial charge in [0.25, 0.3) is 0 Å². The molecule has 3 heteroatoms. The van der Waals surface area contributed by atoms with E-state index in [1.54, 1.807) is 0 Å². The number of amides is 1. The lowest BCUT2D eigenvalue weighted by Crippen LogP contribution is -2.56. The van der Waals surface area contributed by atoms with E-state index in [2.05, 4.69) is 12.2 Å². The second-order valence-corrected chi connectivity index (χ2v) is 5.98. The Labute approximate surface area is 103 Å². The molecule has 2 fully saturated rings. The number of rotatable bonds is 3. The maximum Gasteiger partial charge on any atom is 0.223 e. The molecule has 0 atom stereocenters. The van der Waals surface area contributed by atoms with Gasteiger partial charge in [0, 0.05) is 11.8 Å². The Hall–Kier alpha value is -0.240. The maximum atomic E-state index is 12.1. The second-order valence-electron chi connectivity index (χ2n) is 5.71. The smallest absolute Gasteiger partial charge is 0.223 e. The van der Waals surface area contributed by atoms with Crippen LogP contribution in [-0.4, -0.2) is 17.3 Å². The number of nitrogens with one attached hydrogen (secondary N) is 1. The van der Waals surface area contributed by atoms with Crippen molar-refractivity contribution in [3.63, 3.8) is 0 Å². The van der Waals surface area contributed by atoms with Crippen molar-refractivity contribution in [1.29, 1.82) is 0 Å². The lowest BCUT2D eigenvalue weighted by Gasteiger charge is -2.42. The first-order valence-electron chi connectivity index (χ1n) is 6.53. The highest BCUT2D eigenvalue weighted by Gasteiger charge is 2.39. The molecule has 1 N–H and O–H groups in total. The summed E-state index contributed by atoms with van der Waals surface area (Å²) in [7, 11) is 0. The number of carbonyl (C=O) groups excluding carboxylic acids is 1. The first kappa shape index (κ1) is 12.2. The van der Waals surface area contributed by atoms with Crippen molar-refractivity contribution in [2.75, 3.05) is 5.88 Å². The van der Waals surface area contributed by atoms with Crippen molar-refractivity contribution in [1.82, 2.24) is 5.32 Å². The minimum Gasteiger partial charge on any atom is -0.349 e. The van der Waals surface area contributed by atoms with Crippen LogP contribution in [0.1, 0.15) is 51.9 Å². The third kappa shape index (κ3) is 2.53. The highest BCUT2D eigenvalue weighted by molar-refractivity contribution is 6.18. The van der Waals surface area contributed by atoms with Crippen molar-refractivity contribution in [3.8, 4) is 0 Å². The Balaban J connectivity index is 1.83. The van der Waals surface area contributed by atoms with E-state index < -0.39 is 0 Å². The summed E-state index contributed by atoms with van der Waals surface area (Å²) in [6, 6.07) is 0. The summed E-state index contributed by atoms with van der Waals surface area (Å²) in [5.74, 6) is 1.88. The van der Waals surface area contributed by atoms with Crippen LogP contribution in [0.25, 0.3) is 0 Å². The molecule has 0 aromatic carbocycles. The standard InChI is InChI=1S/C13H22ClNO/c1-10-3-5-11(6-4-10)12(16)15-13(9-14)7-2-8-13/h10-11H,2-9H2,1H3,(H,15,16). The van der Waals surface area contributed by atoms with Gasteiger partial charge in [0.2, 0.25) is 5.91 Å². The van der Waals surface area contributed by atoms with Crippen molar-refractivity contribution in [2.45, 2.75) is 57.4 Å². The molecule has 2 aliphatic carbocycles. The van der Waals surface area contributed by atoms with Crippen molar-refractivity contribution < 1.29 is 4.79 Å². The first-order chi connectivity index (χ1) is 7.65. The van der Waals surface area contributed by atoms with Crippen LogP contribution in [0.2, 0.25) is 0 Å². The van der Waals surface area contributed by atoms with Gasteiger partial charge in [-0.3, -0.25) is 4.79 Å². The van der Waals surface area contributed by atoms with Gasteiger partial charge >= 0.3 is 0 Å². The zero-order chi connectivity index (χ0) is 11.6. The Kier molecular flexibility index (Phi) is 3.78. The lowest BCUT2D eigenvalue weighted by atomic mass is 9.77. The average Bonchev–Trinajstić information content (AvgIpc) is 2.24. The second kappa shape index (κ2) is 4.95. The van der Waals surface area contributed by atoms with Crippen molar-refractivity contribution in [3.05, 3.63) is 0 Å². The van der Waals surface area contributed by atoms with Crippen LogP contribution >= 0.6 is 11.6 Å². The molecule has 0 spiro atoms. The van der Waals surface area contributed by atoms with E-state index in [1.165, 1.54) is 19.3 Å². The molecule has 0 aliphatic heterocycles. The Morgan fingerprint density at radius 3 is 2.38 bits per heavy atom. The number of hydrogen-bond acceptors (Lipinski definition) is 1. The monoisotopic (exact) mass is 243 g/mol. The summed E-state index contributed by atoms with van der Waals surface area (Å²) in [4.78, 5) is 12.1. The van der Waals surface area contributed by atoms with E-state index in [0.717, 1.165) is 31.6 Å². The van der Waals surface area contributed by atoms with Crippen LogP contribution < -0.4 is 5.32 Å². The quantitative estimate of drug-likeness (QED) is 0.759. The van der Waals surface area contributed by atoms with Gasteiger partial charge in [0.1, 0.15) is 0 Å². The molecule has 0 saturated heterocycles. The molecule has 0 heterocycles. The number of alkyl halides is 1. The van der Waals surface area contributed by atoms with Gasteiger partial charge in [0.15, 0.2) is 0 Å². The van der Waals surface area contributed by atoms with Gasteiger partial charge < -0.3 is 5.32 Å². The normalized spacial score (nSPS) is 32.9. The largest absolute Gasteiger partial charge is 0.349 e. The number of halogens is 1. The predicted octanol–water partition coefficient (Wildman–Crippen LogP) is 3.09. The van der Waals surface area contributed by atoms with E-state index in [0.29, 0.717) is 5.88 Å². The topological polar surface area (TPSA) is 29.1 Å². The third-order valence-corrected chi connectivity index (χ3v) is 4.85. The van der Waals surface area contributed by atoms with E-state index >= 15 is 0 Å². The molecular formula is C13H22ClNO. The van der Waals surface area contributed by atoms with Gasteiger partial charge in [0.05, 0.1) is 5.54 Å². The van der Waals surface area contributed by atoms with Crippen LogP contribution in [0.3, 0.4) is 0 Å². The highest BCUT2D eigenvalue weighted by Crippen LogP contribution is 2.34. The minimum absolute atomic E-state index is 0.0539. The van der Waals surface area contributed by atoms with E-state index in [-0.39, 0.29) is 17.4 Å². The third-order valence-electron chi connectivity index (χ3n) is 4.34. The summed E-state index contributed by atoms with van der Waals surface area (Å²) in [5.41, 5.74) is -0.0539. The van der Waals surface area contributed by atoms with E-state index in [9.17, 15) is 4.79 Å². The molecule has 0 radical (unpaired) electrons. The molecule has 0 bridgehead atoms. The SMILES string of the molecule is CC1CCC(C(=O)NC2(CCl)CCC2)CC1. The summed E-state index contributed by atoms with van der Waals surface area (Å²) < 4.78 is 0. The zero-order valence-electron chi connectivity index (χ0n) is 10.1. The number of carbonyl (C=O) groups is 1. The molecule has 0 aromatic heterocycles. The molecule has 2 nitrogen and oxygen atoms in total. The molecule has 2 saturated carbocycles. The molecule has 2 rings (SSSR count). The average molecular weight is 244 g/mol. The van der Waals surface area contributed by atoms with Crippen LogP contribution in [0, 0.1) is 11.8 Å². The molecule has 2 aliphatic rings. The van der Waals surface area contributed by atoms with Gasteiger partial charge in [-0.25, -0.2) is 0 Å². The fourth-order valence-electron chi connectivity index (χ4n) is 2.78. The fraction of sp³-hybridized carbons (Fsp3) is 0.923. The maximum absolute atomic E-state index is 12.1. The predicted molar refractivity (Wildman–Crippen MR) is 66.6 cm³/mol. The molecule has 0 aromatic rings. The summed E-state index contributed by atoms with van der Waals surface area (Å²) in [6.07, 6.45) is 7.85.